The summed E-state index contributed by atoms with van der Waals surface area (Å²) in [6, 6.07) is 11.2. The topological polar surface area (TPSA) is 71.8 Å². The number of rotatable bonds is 6. The molecule has 0 bridgehead atoms. The lowest BCUT2D eigenvalue weighted by Crippen LogP contribution is -2.63. The molecule has 6 heteroatoms. The maximum Gasteiger partial charge on any atom is 0.254 e. The number of hydrogen-bond acceptors (Lipinski definition) is 4. The average molecular weight is 396 g/mol. The van der Waals surface area contributed by atoms with Crippen molar-refractivity contribution >= 4 is 11.8 Å². The van der Waals surface area contributed by atoms with Crippen molar-refractivity contribution in [2.45, 2.75) is 50.1 Å². The largest absolute Gasteiger partial charge is 0.467 e. The van der Waals surface area contributed by atoms with Crippen LogP contribution in [0.25, 0.3) is 0 Å². The second kappa shape index (κ2) is 8.41. The summed E-state index contributed by atoms with van der Waals surface area (Å²) in [6.07, 6.45) is 6.43. The average Bonchev–Trinajstić information content (AvgIpc) is 3.27. The number of amides is 2. The van der Waals surface area contributed by atoms with Crippen LogP contribution in [0, 0.1) is 0 Å². The molecule has 1 aromatic carbocycles. The van der Waals surface area contributed by atoms with Crippen LogP contribution in [-0.2, 0) is 16.1 Å². The highest BCUT2D eigenvalue weighted by molar-refractivity contribution is 6.02. The molecule has 6 nitrogen and oxygen atoms in total. The molecular formula is C23H28N2O4. The van der Waals surface area contributed by atoms with E-state index in [2.05, 4.69) is 5.32 Å². The lowest BCUT2D eigenvalue weighted by atomic mass is 9.65. The second-order valence-electron chi connectivity index (χ2n) is 7.93. The molecule has 2 aromatic rings. The van der Waals surface area contributed by atoms with E-state index in [1.165, 1.54) is 0 Å². The molecule has 1 aliphatic heterocycles. The first kappa shape index (κ1) is 19.7. The zero-order valence-corrected chi connectivity index (χ0v) is 16.9. The first-order valence-corrected chi connectivity index (χ1v) is 10.4. The van der Waals surface area contributed by atoms with Crippen LogP contribution < -0.4 is 5.32 Å². The quantitative estimate of drug-likeness (QED) is 0.811. The molecule has 0 radical (unpaired) electrons. The predicted molar refractivity (Wildman–Crippen MR) is 108 cm³/mol. The van der Waals surface area contributed by atoms with Crippen molar-refractivity contribution < 1.29 is 18.7 Å². The summed E-state index contributed by atoms with van der Waals surface area (Å²) in [5, 5.41) is 3.06. The van der Waals surface area contributed by atoms with Gasteiger partial charge in [0.15, 0.2) is 0 Å². The van der Waals surface area contributed by atoms with E-state index in [4.69, 9.17) is 9.15 Å². The number of benzene rings is 1. The van der Waals surface area contributed by atoms with Crippen molar-refractivity contribution in [3.05, 3.63) is 59.5 Å². The van der Waals surface area contributed by atoms with Crippen LogP contribution in [0.2, 0.25) is 0 Å². The van der Waals surface area contributed by atoms with Crippen molar-refractivity contribution in [2.75, 3.05) is 20.3 Å². The van der Waals surface area contributed by atoms with E-state index < -0.39 is 11.5 Å². The molecular weight excluding hydrogens is 368 g/mol. The summed E-state index contributed by atoms with van der Waals surface area (Å²) >= 11 is 0. The Bertz CT molecular complexity index is 856. The maximum absolute atomic E-state index is 13.5. The van der Waals surface area contributed by atoms with Gasteiger partial charge in [-0.25, -0.2) is 0 Å². The normalized spacial score (nSPS) is 20.5. The Kier molecular flexibility index (Phi) is 5.72. The molecule has 0 saturated heterocycles. The number of methoxy groups -OCH3 is 1. The molecule has 2 heterocycles. The predicted octanol–water partition coefficient (Wildman–Crippen LogP) is 3.48. The van der Waals surface area contributed by atoms with E-state index in [9.17, 15) is 9.59 Å². The SMILES string of the molecule is COCCN1C(=O)c2ccccc2[C@H](C(=O)NCc2ccco2)C12CCCCC2. The van der Waals surface area contributed by atoms with Crippen molar-refractivity contribution in [1.82, 2.24) is 10.2 Å². The molecule has 4 rings (SSSR count). The van der Waals surface area contributed by atoms with Crippen LogP contribution in [0.3, 0.4) is 0 Å². The Labute approximate surface area is 171 Å². The molecule has 2 amide bonds. The van der Waals surface area contributed by atoms with Crippen molar-refractivity contribution in [2.24, 2.45) is 0 Å². The smallest absolute Gasteiger partial charge is 0.254 e. The Morgan fingerprint density at radius 1 is 1.21 bits per heavy atom. The van der Waals surface area contributed by atoms with Crippen molar-refractivity contribution in [1.29, 1.82) is 0 Å². The number of nitrogens with one attached hydrogen (secondary N) is 1. The summed E-state index contributed by atoms with van der Waals surface area (Å²) in [6.45, 7) is 1.29. The summed E-state index contributed by atoms with van der Waals surface area (Å²) in [5.41, 5.74) is 0.957. The highest BCUT2D eigenvalue weighted by atomic mass is 16.5. The van der Waals surface area contributed by atoms with Gasteiger partial charge in [0.25, 0.3) is 5.91 Å². The molecule has 1 aliphatic carbocycles. The molecule has 1 fully saturated rings. The molecule has 1 spiro atoms. The molecule has 1 N–H and O–H groups in total. The monoisotopic (exact) mass is 396 g/mol. The van der Waals surface area contributed by atoms with Gasteiger partial charge in [0.05, 0.1) is 30.9 Å². The van der Waals surface area contributed by atoms with Gasteiger partial charge < -0.3 is 19.4 Å². The van der Waals surface area contributed by atoms with E-state index >= 15 is 0 Å². The lowest BCUT2D eigenvalue weighted by Gasteiger charge is -2.53. The first-order chi connectivity index (χ1) is 14.2. The van der Waals surface area contributed by atoms with Gasteiger partial charge >= 0.3 is 0 Å². The number of furan rings is 1. The van der Waals surface area contributed by atoms with Gasteiger partial charge in [-0.1, -0.05) is 37.5 Å². The van der Waals surface area contributed by atoms with Gasteiger partial charge in [0, 0.05) is 19.2 Å². The minimum absolute atomic E-state index is 0.00892. The number of nitrogens with zero attached hydrogens (tertiary/aromatic N) is 1. The van der Waals surface area contributed by atoms with Crippen LogP contribution in [0.1, 0.15) is 59.7 Å². The van der Waals surface area contributed by atoms with Gasteiger partial charge in [0.1, 0.15) is 5.76 Å². The molecule has 1 atom stereocenters. The zero-order valence-electron chi connectivity index (χ0n) is 16.9. The van der Waals surface area contributed by atoms with Crippen LogP contribution in [-0.4, -0.2) is 42.5 Å². The van der Waals surface area contributed by atoms with E-state index in [0.29, 0.717) is 31.0 Å². The molecule has 1 saturated carbocycles. The number of ether oxygens (including phenoxy) is 1. The molecule has 0 unspecified atom stereocenters. The fraction of sp³-hybridized carbons (Fsp3) is 0.478. The Morgan fingerprint density at radius 3 is 2.72 bits per heavy atom. The minimum Gasteiger partial charge on any atom is -0.467 e. The Balaban J connectivity index is 1.74. The molecule has 154 valence electrons. The van der Waals surface area contributed by atoms with Gasteiger partial charge in [0.2, 0.25) is 5.91 Å². The van der Waals surface area contributed by atoms with Crippen molar-refractivity contribution in [3.8, 4) is 0 Å². The Hall–Kier alpha value is -2.60. The maximum atomic E-state index is 13.5. The van der Waals surface area contributed by atoms with Gasteiger partial charge in [-0.2, -0.15) is 0 Å². The number of carbonyl (C=O) groups excluding carboxylic acids is 2. The van der Waals surface area contributed by atoms with Crippen LogP contribution in [0.15, 0.2) is 47.1 Å². The van der Waals surface area contributed by atoms with E-state index in [1.807, 2.05) is 41.3 Å². The van der Waals surface area contributed by atoms with Gasteiger partial charge in [-0.3, -0.25) is 9.59 Å². The number of hydrogen-bond donors (Lipinski definition) is 1. The third-order valence-corrected chi connectivity index (χ3v) is 6.34. The standard InChI is InChI=1S/C23H28N2O4/c1-28-15-13-25-22(27)19-10-4-3-9-18(19)20(23(25)11-5-2-6-12-23)21(26)24-16-17-8-7-14-29-17/h3-4,7-10,14,20H,2,5-6,11-13,15-16H2,1H3,(H,24,26)/t20-/m1/s1. The minimum atomic E-state index is -0.504. The van der Waals surface area contributed by atoms with Crippen LogP contribution in [0.5, 0.6) is 0 Å². The van der Waals surface area contributed by atoms with Crippen molar-refractivity contribution in [3.63, 3.8) is 0 Å². The zero-order chi connectivity index (χ0) is 20.3. The van der Waals surface area contributed by atoms with E-state index in [0.717, 1.165) is 37.7 Å². The highest BCUT2D eigenvalue weighted by Crippen LogP contribution is 2.49. The fourth-order valence-electron chi connectivity index (χ4n) is 5.04. The molecule has 2 aliphatic rings. The summed E-state index contributed by atoms with van der Waals surface area (Å²) in [7, 11) is 1.64. The van der Waals surface area contributed by atoms with E-state index in [1.54, 1.807) is 13.4 Å². The summed E-state index contributed by atoms with van der Waals surface area (Å²) in [4.78, 5) is 28.9. The lowest BCUT2D eigenvalue weighted by molar-refractivity contribution is -0.127. The fourth-order valence-corrected chi connectivity index (χ4v) is 5.04. The summed E-state index contributed by atoms with van der Waals surface area (Å²) < 4.78 is 10.7. The molecule has 1 aromatic heterocycles. The first-order valence-electron chi connectivity index (χ1n) is 10.4. The molecule has 29 heavy (non-hydrogen) atoms. The third kappa shape index (κ3) is 3.57. The summed E-state index contributed by atoms with van der Waals surface area (Å²) in [5.74, 6) is 0.274. The van der Waals surface area contributed by atoms with E-state index in [-0.39, 0.29) is 11.8 Å². The second-order valence-corrected chi connectivity index (χ2v) is 7.93. The number of fused-ring (bicyclic) bond motifs is 1. The number of carbonyl (C=O) groups is 2. The van der Waals surface area contributed by atoms with Crippen LogP contribution >= 0.6 is 0 Å². The van der Waals surface area contributed by atoms with Gasteiger partial charge in [-0.15, -0.1) is 0 Å². The Morgan fingerprint density at radius 2 is 2.00 bits per heavy atom. The third-order valence-electron chi connectivity index (χ3n) is 6.34. The van der Waals surface area contributed by atoms with Gasteiger partial charge in [-0.05, 0) is 36.6 Å². The van der Waals surface area contributed by atoms with Crippen LogP contribution in [0.4, 0.5) is 0 Å². The highest BCUT2D eigenvalue weighted by Gasteiger charge is 2.54.